The lowest BCUT2D eigenvalue weighted by molar-refractivity contribution is -0.113. The van der Waals surface area contributed by atoms with Gasteiger partial charge in [-0.15, -0.1) is 0 Å². The van der Waals surface area contributed by atoms with Gasteiger partial charge in [0.15, 0.2) is 5.78 Å². The Balaban J connectivity index is 1.92. The molecule has 1 aliphatic carbocycles. The fraction of sp³-hybridized carbons (Fsp3) is 0.200. The van der Waals surface area contributed by atoms with Crippen LogP contribution in [0, 0.1) is 5.82 Å². The molecule has 0 bridgehead atoms. The standard InChI is InChI=1S/C20H17FN2O/c1-2-17-18-10-14-12-22-23(16-8-6-15(21)7-9-16)19(14)11-13(18)4-3-5-20(17)24/h2,6-12H,3-5H2,1H3/b17-2+. The Hall–Kier alpha value is -2.75. The van der Waals surface area contributed by atoms with Gasteiger partial charge in [-0.1, -0.05) is 6.08 Å². The summed E-state index contributed by atoms with van der Waals surface area (Å²) >= 11 is 0. The fourth-order valence-corrected chi connectivity index (χ4v) is 3.40. The van der Waals surface area contributed by atoms with Crippen molar-refractivity contribution in [2.75, 3.05) is 0 Å². The minimum atomic E-state index is -0.264. The first kappa shape index (κ1) is 14.8. The lowest BCUT2D eigenvalue weighted by Gasteiger charge is -2.10. The number of carbonyl (C=O) groups excluding carboxylic acids is 1. The maximum absolute atomic E-state index is 13.2. The molecule has 1 aliphatic rings. The van der Waals surface area contributed by atoms with Crippen molar-refractivity contribution in [3.63, 3.8) is 0 Å². The summed E-state index contributed by atoms with van der Waals surface area (Å²) in [5, 5.41) is 5.43. The van der Waals surface area contributed by atoms with E-state index in [1.54, 1.807) is 18.3 Å². The number of fused-ring (bicyclic) bond motifs is 2. The number of benzene rings is 2. The lowest BCUT2D eigenvalue weighted by Crippen LogP contribution is -2.00. The lowest BCUT2D eigenvalue weighted by atomic mass is 9.96. The monoisotopic (exact) mass is 320 g/mol. The van der Waals surface area contributed by atoms with Gasteiger partial charge in [-0.05, 0) is 67.3 Å². The zero-order valence-electron chi connectivity index (χ0n) is 13.4. The molecule has 1 aromatic heterocycles. The van der Waals surface area contributed by atoms with E-state index in [0.717, 1.165) is 40.6 Å². The quantitative estimate of drug-likeness (QED) is 0.490. The summed E-state index contributed by atoms with van der Waals surface area (Å²) in [5.74, 6) is -0.0538. The van der Waals surface area contributed by atoms with E-state index in [1.807, 2.05) is 17.7 Å². The molecule has 0 fully saturated rings. The van der Waals surface area contributed by atoms with Gasteiger partial charge in [0.1, 0.15) is 5.82 Å². The van der Waals surface area contributed by atoms with Gasteiger partial charge in [0.25, 0.3) is 0 Å². The van der Waals surface area contributed by atoms with Crippen molar-refractivity contribution in [2.24, 2.45) is 0 Å². The number of ketones is 1. The zero-order chi connectivity index (χ0) is 16.7. The second-order valence-corrected chi connectivity index (χ2v) is 6.08. The maximum atomic E-state index is 13.2. The van der Waals surface area contributed by atoms with Crippen molar-refractivity contribution >= 4 is 22.3 Å². The summed E-state index contributed by atoms with van der Waals surface area (Å²) in [6.45, 7) is 1.91. The number of hydrogen-bond acceptors (Lipinski definition) is 2. The van der Waals surface area contributed by atoms with Gasteiger partial charge in [-0.2, -0.15) is 5.10 Å². The molecule has 0 saturated heterocycles. The van der Waals surface area contributed by atoms with Crippen molar-refractivity contribution in [1.29, 1.82) is 0 Å². The molecule has 0 N–H and O–H groups in total. The Kier molecular flexibility index (Phi) is 3.53. The van der Waals surface area contributed by atoms with E-state index in [1.165, 1.54) is 17.7 Å². The second-order valence-electron chi connectivity index (χ2n) is 6.08. The minimum absolute atomic E-state index is 0.210. The van der Waals surface area contributed by atoms with E-state index in [2.05, 4.69) is 17.2 Å². The van der Waals surface area contributed by atoms with Crippen LogP contribution in [0.4, 0.5) is 4.39 Å². The molecular weight excluding hydrogens is 303 g/mol. The zero-order valence-corrected chi connectivity index (χ0v) is 13.4. The van der Waals surface area contributed by atoms with Crippen LogP contribution in [0.15, 0.2) is 48.7 Å². The molecule has 0 unspecified atom stereocenters. The van der Waals surface area contributed by atoms with Gasteiger partial charge in [0, 0.05) is 17.4 Å². The molecule has 3 aromatic rings. The summed E-state index contributed by atoms with van der Waals surface area (Å²) < 4.78 is 15.0. The van der Waals surface area contributed by atoms with E-state index < -0.39 is 0 Å². The first-order valence-electron chi connectivity index (χ1n) is 8.14. The fourth-order valence-electron chi connectivity index (χ4n) is 3.40. The van der Waals surface area contributed by atoms with Gasteiger partial charge < -0.3 is 0 Å². The summed E-state index contributed by atoms with van der Waals surface area (Å²) in [7, 11) is 0. The number of aryl methyl sites for hydroxylation is 1. The Morgan fingerprint density at radius 3 is 2.71 bits per heavy atom. The average Bonchev–Trinajstić information content (AvgIpc) is 2.91. The van der Waals surface area contributed by atoms with Gasteiger partial charge in [-0.25, -0.2) is 9.07 Å². The molecule has 0 spiro atoms. The van der Waals surface area contributed by atoms with Crippen molar-refractivity contribution in [3.05, 3.63) is 65.6 Å². The highest BCUT2D eigenvalue weighted by molar-refractivity contribution is 6.21. The predicted octanol–water partition coefficient (Wildman–Crippen LogP) is 4.47. The van der Waals surface area contributed by atoms with Crippen LogP contribution in [0.2, 0.25) is 0 Å². The Morgan fingerprint density at radius 2 is 1.96 bits per heavy atom. The third kappa shape index (κ3) is 2.35. The summed E-state index contributed by atoms with van der Waals surface area (Å²) in [6.07, 6.45) is 6.03. The van der Waals surface area contributed by atoms with Crippen molar-refractivity contribution in [3.8, 4) is 5.69 Å². The SMILES string of the molecule is C/C=C1/C(=O)CCCc2cc3c(cnn3-c3ccc(F)cc3)cc21. The molecule has 0 amide bonds. The maximum Gasteiger partial charge on any atom is 0.163 e. The number of allylic oxidation sites excluding steroid dienone is 2. The number of Topliss-reactive ketones (excluding diaryl/α,β-unsaturated/α-hetero) is 1. The predicted molar refractivity (Wildman–Crippen MR) is 92.6 cm³/mol. The number of hydrogen-bond donors (Lipinski definition) is 0. The number of carbonyl (C=O) groups is 1. The van der Waals surface area contributed by atoms with E-state index in [4.69, 9.17) is 0 Å². The molecule has 3 nitrogen and oxygen atoms in total. The molecule has 0 radical (unpaired) electrons. The first-order chi connectivity index (χ1) is 11.7. The normalized spacial score (nSPS) is 16.4. The van der Waals surface area contributed by atoms with E-state index in [-0.39, 0.29) is 11.6 Å². The van der Waals surface area contributed by atoms with E-state index >= 15 is 0 Å². The van der Waals surface area contributed by atoms with Crippen LogP contribution < -0.4 is 0 Å². The highest BCUT2D eigenvalue weighted by Gasteiger charge is 2.20. The minimum Gasteiger partial charge on any atom is -0.294 e. The molecule has 0 aliphatic heterocycles. The van der Waals surface area contributed by atoms with Crippen LogP contribution in [0.5, 0.6) is 0 Å². The molecule has 24 heavy (non-hydrogen) atoms. The Bertz CT molecular complexity index is 967. The highest BCUT2D eigenvalue weighted by atomic mass is 19.1. The molecule has 120 valence electrons. The molecule has 0 saturated carbocycles. The molecule has 1 heterocycles. The number of aromatic nitrogens is 2. The van der Waals surface area contributed by atoms with E-state index in [0.29, 0.717) is 6.42 Å². The topological polar surface area (TPSA) is 34.9 Å². The van der Waals surface area contributed by atoms with Gasteiger partial charge in [-0.3, -0.25) is 4.79 Å². The van der Waals surface area contributed by atoms with E-state index in [9.17, 15) is 9.18 Å². The summed E-state index contributed by atoms with van der Waals surface area (Å²) in [6, 6.07) is 10.5. The van der Waals surface area contributed by atoms with Crippen LogP contribution in [-0.4, -0.2) is 15.6 Å². The molecule has 4 rings (SSSR count). The molecule has 4 heteroatoms. The summed E-state index contributed by atoms with van der Waals surface area (Å²) in [4.78, 5) is 12.3. The van der Waals surface area contributed by atoms with Crippen molar-refractivity contribution < 1.29 is 9.18 Å². The molecule has 2 aromatic carbocycles. The Morgan fingerprint density at radius 1 is 1.17 bits per heavy atom. The highest BCUT2D eigenvalue weighted by Crippen LogP contribution is 2.32. The van der Waals surface area contributed by atoms with Gasteiger partial charge in [0.05, 0.1) is 17.4 Å². The second kappa shape index (κ2) is 5.71. The third-order valence-electron chi connectivity index (χ3n) is 4.59. The van der Waals surface area contributed by atoms with Crippen molar-refractivity contribution in [1.82, 2.24) is 9.78 Å². The smallest absolute Gasteiger partial charge is 0.163 e. The number of nitrogens with zero attached hydrogens (tertiary/aromatic N) is 2. The number of rotatable bonds is 1. The Labute approximate surface area is 139 Å². The molecular formula is C20H17FN2O. The van der Waals surface area contributed by atoms with Crippen LogP contribution in [0.1, 0.15) is 30.9 Å². The third-order valence-corrected chi connectivity index (χ3v) is 4.59. The van der Waals surface area contributed by atoms with Crippen LogP contribution >= 0.6 is 0 Å². The first-order valence-corrected chi connectivity index (χ1v) is 8.14. The van der Waals surface area contributed by atoms with Gasteiger partial charge in [0.2, 0.25) is 0 Å². The van der Waals surface area contributed by atoms with Gasteiger partial charge >= 0.3 is 0 Å². The van der Waals surface area contributed by atoms with Crippen LogP contribution in [0.3, 0.4) is 0 Å². The molecule has 0 atom stereocenters. The van der Waals surface area contributed by atoms with Crippen LogP contribution in [0.25, 0.3) is 22.2 Å². The van der Waals surface area contributed by atoms with Crippen LogP contribution in [-0.2, 0) is 11.2 Å². The number of halogens is 1. The van der Waals surface area contributed by atoms with Crippen molar-refractivity contribution in [2.45, 2.75) is 26.2 Å². The summed E-state index contributed by atoms with van der Waals surface area (Å²) in [5.41, 5.74) is 4.79. The average molecular weight is 320 g/mol. The largest absolute Gasteiger partial charge is 0.294 e.